The number of aliphatic hydroxyl groups excluding tert-OH is 5. The smallest absolute Gasteiger partial charge is 0.111 e. The van der Waals surface area contributed by atoms with Crippen LogP contribution in [0.5, 0.6) is 0 Å². The van der Waals surface area contributed by atoms with E-state index >= 15 is 0 Å². The molecule has 1 aliphatic rings. The number of hydrogen-bond donors (Lipinski definition) is 5. The molecule has 0 aromatic carbocycles. The minimum absolute atomic E-state index is 0.0402. The summed E-state index contributed by atoms with van der Waals surface area (Å²) in [6.07, 6.45) is -5.45. The van der Waals surface area contributed by atoms with E-state index in [4.69, 9.17) is 9.84 Å². The zero-order valence-corrected chi connectivity index (χ0v) is 7.65. The summed E-state index contributed by atoms with van der Waals surface area (Å²) >= 11 is 0. The van der Waals surface area contributed by atoms with Crippen LogP contribution in [0.1, 0.15) is 0 Å². The lowest BCUT2D eigenvalue weighted by molar-refractivity contribution is -0.164. The van der Waals surface area contributed by atoms with E-state index in [2.05, 4.69) is 0 Å². The lowest BCUT2D eigenvalue weighted by Crippen LogP contribution is -2.52. The van der Waals surface area contributed by atoms with E-state index in [9.17, 15) is 20.4 Å². The molecule has 1 saturated heterocycles. The molecule has 0 aliphatic carbocycles. The second-order valence-electron chi connectivity index (χ2n) is 3.52. The summed E-state index contributed by atoms with van der Waals surface area (Å²) < 4.78 is 4.94. The second kappa shape index (κ2) is 5.01. The Bertz CT molecular complexity index is 169. The van der Waals surface area contributed by atoms with Crippen molar-refractivity contribution >= 4 is 0 Å². The second-order valence-corrected chi connectivity index (χ2v) is 3.52. The molecule has 1 rings (SSSR count). The number of hydrogen-bond acceptors (Lipinski definition) is 6. The van der Waals surface area contributed by atoms with Gasteiger partial charge in [-0.25, -0.2) is 0 Å². The van der Waals surface area contributed by atoms with Crippen LogP contribution in [0.4, 0.5) is 0 Å². The van der Waals surface area contributed by atoms with E-state index in [-0.39, 0.29) is 19.8 Å². The molecule has 0 amide bonds. The van der Waals surface area contributed by atoms with Crippen LogP contribution in [-0.4, -0.2) is 69.8 Å². The maximum Gasteiger partial charge on any atom is 0.111 e. The standard InChI is InChI=1S/C8H16O6/c9-1-4-2-14-3-5(10)7(12)8(13)6(4)11/h4-13H,1-3H2/t4-,5+,6+,7+,8+/m1/s1. The van der Waals surface area contributed by atoms with Crippen molar-refractivity contribution < 1.29 is 30.3 Å². The summed E-state index contributed by atoms with van der Waals surface area (Å²) in [7, 11) is 0. The van der Waals surface area contributed by atoms with Gasteiger partial charge in [-0.3, -0.25) is 0 Å². The summed E-state index contributed by atoms with van der Waals surface area (Å²) in [6.45, 7) is -0.430. The third kappa shape index (κ3) is 2.41. The molecule has 0 aromatic heterocycles. The Balaban J connectivity index is 2.67. The van der Waals surface area contributed by atoms with Crippen LogP contribution in [-0.2, 0) is 4.74 Å². The summed E-state index contributed by atoms with van der Waals surface area (Å²) in [5, 5.41) is 46.3. The van der Waals surface area contributed by atoms with Gasteiger partial charge in [-0.15, -0.1) is 0 Å². The van der Waals surface area contributed by atoms with Crippen molar-refractivity contribution in [2.75, 3.05) is 19.8 Å². The molecule has 1 aliphatic heterocycles. The molecular weight excluding hydrogens is 192 g/mol. The molecule has 6 nitrogen and oxygen atoms in total. The van der Waals surface area contributed by atoms with Crippen LogP contribution in [0.15, 0.2) is 0 Å². The highest BCUT2D eigenvalue weighted by atomic mass is 16.5. The maximum absolute atomic E-state index is 9.47. The van der Waals surface area contributed by atoms with Gasteiger partial charge in [0, 0.05) is 5.92 Å². The van der Waals surface area contributed by atoms with Crippen LogP contribution in [0.3, 0.4) is 0 Å². The Morgan fingerprint density at radius 1 is 0.929 bits per heavy atom. The fraction of sp³-hybridized carbons (Fsp3) is 1.00. The van der Waals surface area contributed by atoms with Gasteiger partial charge >= 0.3 is 0 Å². The molecule has 5 N–H and O–H groups in total. The quantitative estimate of drug-likeness (QED) is 0.315. The van der Waals surface area contributed by atoms with Crippen molar-refractivity contribution in [3.63, 3.8) is 0 Å². The number of aliphatic hydroxyl groups is 5. The predicted molar refractivity (Wildman–Crippen MR) is 45.4 cm³/mol. The molecule has 6 heteroatoms. The van der Waals surface area contributed by atoms with E-state index in [1.807, 2.05) is 0 Å². The zero-order chi connectivity index (χ0) is 10.7. The molecule has 14 heavy (non-hydrogen) atoms. The topological polar surface area (TPSA) is 110 Å². The van der Waals surface area contributed by atoms with E-state index in [0.29, 0.717) is 0 Å². The molecule has 0 saturated carbocycles. The van der Waals surface area contributed by atoms with Gasteiger partial charge in [0.25, 0.3) is 0 Å². The van der Waals surface area contributed by atoms with Crippen molar-refractivity contribution in [2.45, 2.75) is 24.4 Å². The first-order chi connectivity index (χ1) is 6.57. The van der Waals surface area contributed by atoms with E-state index in [1.165, 1.54) is 0 Å². The molecule has 0 spiro atoms. The van der Waals surface area contributed by atoms with Crippen molar-refractivity contribution in [3.8, 4) is 0 Å². The summed E-state index contributed by atoms with van der Waals surface area (Å²) in [4.78, 5) is 0. The molecule has 1 fully saturated rings. The third-order valence-electron chi connectivity index (χ3n) is 2.43. The Morgan fingerprint density at radius 2 is 1.57 bits per heavy atom. The zero-order valence-electron chi connectivity index (χ0n) is 7.65. The summed E-state index contributed by atoms with van der Waals surface area (Å²) in [5.74, 6) is -0.646. The van der Waals surface area contributed by atoms with Crippen LogP contribution >= 0.6 is 0 Å². The fourth-order valence-corrected chi connectivity index (χ4v) is 1.41. The van der Waals surface area contributed by atoms with E-state index in [1.54, 1.807) is 0 Å². The predicted octanol–water partition coefficient (Wildman–Crippen LogP) is -2.93. The first-order valence-electron chi connectivity index (χ1n) is 4.48. The van der Waals surface area contributed by atoms with Crippen molar-refractivity contribution in [1.82, 2.24) is 0 Å². The van der Waals surface area contributed by atoms with Crippen molar-refractivity contribution in [3.05, 3.63) is 0 Å². The maximum atomic E-state index is 9.47. The monoisotopic (exact) mass is 208 g/mol. The molecule has 1 heterocycles. The molecule has 5 atom stereocenters. The van der Waals surface area contributed by atoms with Crippen LogP contribution in [0.25, 0.3) is 0 Å². The fourth-order valence-electron chi connectivity index (χ4n) is 1.41. The van der Waals surface area contributed by atoms with E-state index < -0.39 is 30.3 Å². The minimum Gasteiger partial charge on any atom is -0.396 e. The van der Waals surface area contributed by atoms with E-state index in [0.717, 1.165) is 0 Å². The highest BCUT2D eigenvalue weighted by molar-refractivity contribution is 4.86. The normalized spacial score (nSPS) is 45.6. The molecule has 0 unspecified atom stereocenters. The lowest BCUT2D eigenvalue weighted by atomic mass is 9.93. The van der Waals surface area contributed by atoms with Crippen LogP contribution < -0.4 is 0 Å². The molecular formula is C8H16O6. The summed E-state index contributed by atoms with van der Waals surface area (Å²) in [6, 6.07) is 0. The molecule has 84 valence electrons. The Labute approximate surface area is 81.4 Å². The van der Waals surface area contributed by atoms with Gasteiger partial charge in [0.1, 0.15) is 18.3 Å². The molecule has 0 aromatic rings. The number of rotatable bonds is 1. The highest BCUT2D eigenvalue weighted by Gasteiger charge is 2.36. The van der Waals surface area contributed by atoms with Crippen LogP contribution in [0.2, 0.25) is 0 Å². The third-order valence-corrected chi connectivity index (χ3v) is 2.43. The Hall–Kier alpha value is -0.240. The minimum atomic E-state index is -1.47. The highest BCUT2D eigenvalue weighted by Crippen LogP contribution is 2.16. The largest absolute Gasteiger partial charge is 0.396 e. The Kier molecular flexibility index (Phi) is 4.24. The van der Waals surface area contributed by atoms with Gasteiger partial charge in [-0.2, -0.15) is 0 Å². The molecule has 0 radical (unpaired) electrons. The SMILES string of the molecule is OC[C@@H]1COC[C@H](O)[C@H](O)[C@@H](O)[C@H]1O. The first kappa shape index (κ1) is 11.8. The van der Waals surface area contributed by atoms with Gasteiger partial charge < -0.3 is 30.3 Å². The average Bonchev–Trinajstić information content (AvgIpc) is 2.20. The van der Waals surface area contributed by atoms with Gasteiger partial charge in [0.05, 0.1) is 25.9 Å². The lowest BCUT2D eigenvalue weighted by Gasteiger charge is -2.33. The Morgan fingerprint density at radius 3 is 2.14 bits per heavy atom. The number of ether oxygens (including phenoxy) is 1. The van der Waals surface area contributed by atoms with Gasteiger partial charge in [-0.05, 0) is 0 Å². The van der Waals surface area contributed by atoms with Gasteiger partial charge in [0.2, 0.25) is 0 Å². The van der Waals surface area contributed by atoms with Crippen molar-refractivity contribution in [1.29, 1.82) is 0 Å². The average molecular weight is 208 g/mol. The van der Waals surface area contributed by atoms with Crippen LogP contribution in [0, 0.1) is 5.92 Å². The van der Waals surface area contributed by atoms with Gasteiger partial charge in [0.15, 0.2) is 0 Å². The first-order valence-corrected chi connectivity index (χ1v) is 4.48. The molecule has 0 bridgehead atoms. The van der Waals surface area contributed by atoms with Gasteiger partial charge in [-0.1, -0.05) is 0 Å². The summed E-state index contributed by atoms with van der Waals surface area (Å²) in [5.41, 5.74) is 0. The van der Waals surface area contributed by atoms with Crippen molar-refractivity contribution in [2.24, 2.45) is 5.92 Å².